The molecule has 2 aromatic rings. The number of carbonyl (C=O) groups excluding carboxylic acids is 2. The van der Waals surface area contributed by atoms with E-state index in [1.54, 1.807) is 12.1 Å². The lowest BCUT2D eigenvalue weighted by Crippen LogP contribution is -2.32. The van der Waals surface area contributed by atoms with E-state index in [1.165, 1.54) is 42.7 Å². The van der Waals surface area contributed by atoms with Crippen LogP contribution < -0.4 is 15.4 Å². The summed E-state index contributed by atoms with van der Waals surface area (Å²) in [6.45, 7) is 1.11. The first-order valence-electron chi connectivity index (χ1n) is 7.23. The molecule has 2 rings (SSSR count). The minimum absolute atomic E-state index is 0.0385. The molecule has 0 fully saturated rings. The van der Waals surface area contributed by atoms with E-state index in [4.69, 9.17) is 16.6 Å². The quantitative estimate of drug-likeness (QED) is 0.522. The standard InChI is InChI=1S/C16H15N3O5S2/c1-11(20)19-26(22,23)14-7-4-12(5-8-14)17-16(25)18-15(21)9-6-13-3-2-10-24-13/h2-10H,1H3,(H,19,20)(H2,17,18,21,25)/b9-6+. The Balaban J connectivity index is 1.93. The minimum Gasteiger partial charge on any atom is -0.465 e. The molecule has 0 aliphatic heterocycles. The van der Waals surface area contributed by atoms with Crippen LogP contribution in [0.5, 0.6) is 0 Å². The van der Waals surface area contributed by atoms with E-state index in [-0.39, 0.29) is 10.0 Å². The Morgan fingerprint density at radius 2 is 1.85 bits per heavy atom. The van der Waals surface area contributed by atoms with Gasteiger partial charge in [0.15, 0.2) is 5.11 Å². The van der Waals surface area contributed by atoms with E-state index in [2.05, 4.69) is 10.6 Å². The first-order chi connectivity index (χ1) is 12.3. The van der Waals surface area contributed by atoms with Crippen molar-refractivity contribution < 1.29 is 22.4 Å². The molecule has 1 aromatic heterocycles. The van der Waals surface area contributed by atoms with Crippen LogP contribution in [-0.4, -0.2) is 25.3 Å². The number of carbonyl (C=O) groups is 2. The molecule has 0 bridgehead atoms. The van der Waals surface area contributed by atoms with Crippen molar-refractivity contribution in [1.29, 1.82) is 0 Å². The van der Waals surface area contributed by atoms with Gasteiger partial charge >= 0.3 is 0 Å². The predicted molar refractivity (Wildman–Crippen MR) is 99.5 cm³/mol. The number of benzene rings is 1. The summed E-state index contributed by atoms with van der Waals surface area (Å²) in [5.74, 6) is -0.613. The Morgan fingerprint density at radius 3 is 2.42 bits per heavy atom. The summed E-state index contributed by atoms with van der Waals surface area (Å²) in [5.41, 5.74) is 0.465. The van der Waals surface area contributed by atoms with Crippen LogP contribution in [0.3, 0.4) is 0 Å². The van der Waals surface area contributed by atoms with Gasteiger partial charge < -0.3 is 9.73 Å². The van der Waals surface area contributed by atoms with Crippen LogP contribution in [-0.2, 0) is 19.6 Å². The van der Waals surface area contributed by atoms with Crippen LogP contribution in [0.1, 0.15) is 12.7 Å². The van der Waals surface area contributed by atoms with Gasteiger partial charge in [-0.3, -0.25) is 14.9 Å². The van der Waals surface area contributed by atoms with Crippen molar-refractivity contribution in [3.05, 3.63) is 54.5 Å². The summed E-state index contributed by atoms with van der Waals surface area (Å²) in [6, 6.07) is 8.89. The average molecular weight is 393 g/mol. The molecular formula is C16H15N3O5S2. The number of anilines is 1. The fourth-order valence-corrected chi connectivity index (χ4v) is 3.03. The topological polar surface area (TPSA) is 118 Å². The average Bonchev–Trinajstić information content (AvgIpc) is 3.05. The van der Waals surface area contributed by atoms with Crippen LogP contribution >= 0.6 is 12.2 Å². The van der Waals surface area contributed by atoms with Gasteiger partial charge in [0.25, 0.3) is 10.0 Å². The number of thiocarbonyl (C=S) groups is 1. The van der Waals surface area contributed by atoms with Crippen molar-refractivity contribution in [1.82, 2.24) is 10.0 Å². The number of nitrogens with one attached hydrogen (secondary N) is 3. The maximum absolute atomic E-state index is 11.8. The van der Waals surface area contributed by atoms with E-state index >= 15 is 0 Å². The van der Waals surface area contributed by atoms with E-state index in [9.17, 15) is 18.0 Å². The molecule has 1 heterocycles. The van der Waals surface area contributed by atoms with Crippen LogP contribution in [0.4, 0.5) is 5.69 Å². The third-order valence-electron chi connectivity index (χ3n) is 2.88. The molecule has 0 aliphatic rings. The summed E-state index contributed by atoms with van der Waals surface area (Å²) in [7, 11) is -3.90. The molecular weight excluding hydrogens is 378 g/mol. The Hall–Kier alpha value is -2.98. The molecule has 26 heavy (non-hydrogen) atoms. The molecule has 0 atom stereocenters. The summed E-state index contributed by atoms with van der Waals surface area (Å²) in [6.07, 6.45) is 4.23. The summed E-state index contributed by atoms with van der Waals surface area (Å²) in [4.78, 5) is 22.6. The molecule has 10 heteroatoms. The SMILES string of the molecule is CC(=O)NS(=O)(=O)c1ccc(NC(=S)NC(=O)/C=C/c2ccco2)cc1. The van der Waals surface area contributed by atoms with Crippen LogP contribution in [0.2, 0.25) is 0 Å². The van der Waals surface area contributed by atoms with Gasteiger partial charge in [0, 0.05) is 18.7 Å². The van der Waals surface area contributed by atoms with E-state index in [0.29, 0.717) is 11.4 Å². The molecule has 3 N–H and O–H groups in total. The first kappa shape index (κ1) is 19.3. The van der Waals surface area contributed by atoms with E-state index in [0.717, 1.165) is 6.92 Å². The predicted octanol–water partition coefficient (Wildman–Crippen LogP) is 1.63. The Labute approximate surface area is 155 Å². The monoisotopic (exact) mass is 393 g/mol. The zero-order valence-electron chi connectivity index (χ0n) is 13.6. The van der Waals surface area contributed by atoms with Gasteiger partial charge in [-0.25, -0.2) is 13.1 Å². The lowest BCUT2D eigenvalue weighted by molar-refractivity contribution is -0.117. The third kappa shape index (κ3) is 5.83. The second kappa shape index (κ2) is 8.41. The number of hydrogen-bond acceptors (Lipinski definition) is 6. The maximum Gasteiger partial charge on any atom is 0.264 e. The number of sulfonamides is 1. The molecule has 0 saturated heterocycles. The van der Waals surface area contributed by atoms with Crippen molar-refractivity contribution in [2.45, 2.75) is 11.8 Å². The fraction of sp³-hybridized carbons (Fsp3) is 0.0625. The van der Waals surface area contributed by atoms with Crippen molar-refractivity contribution in [3.63, 3.8) is 0 Å². The Bertz CT molecular complexity index is 933. The summed E-state index contributed by atoms with van der Waals surface area (Å²) >= 11 is 5.01. The van der Waals surface area contributed by atoms with Crippen molar-refractivity contribution in [3.8, 4) is 0 Å². The molecule has 0 radical (unpaired) electrons. The number of furan rings is 1. The molecule has 8 nitrogen and oxygen atoms in total. The highest BCUT2D eigenvalue weighted by molar-refractivity contribution is 7.90. The zero-order valence-corrected chi connectivity index (χ0v) is 15.2. The third-order valence-corrected chi connectivity index (χ3v) is 4.53. The molecule has 2 amide bonds. The lowest BCUT2D eigenvalue weighted by Gasteiger charge is -2.09. The second-order valence-electron chi connectivity index (χ2n) is 4.98. The van der Waals surface area contributed by atoms with Crippen molar-refractivity contribution in [2.75, 3.05) is 5.32 Å². The minimum atomic E-state index is -3.90. The van der Waals surface area contributed by atoms with E-state index < -0.39 is 21.8 Å². The first-order valence-corrected chi connectivity index (χ1v) is 9.12. The summed E-state index contributed by atoms with van der Waals surface area (Å²) < 4.78 is 30.6. The van der Waals surface area contributed by atoms with Gasteiger partial charge in [0.05, 0.1) is 11.2 Å². The smallest absolute Gasteiger partial charge is 0.264 e. The molecule has 0 saturated carbocycles. The van der Waals surface area contributed by atoms with Crippen LogP contribution in [0.15, 0.2) is 58.1 Å². The Kier molecular flexibility index (Phi) is 6.26. The number of hydrogen-bond donors (Lipinski definition) is 3. The Morgan fingerprint density at radius 1 is 1.15 bits per heavy atom. The molecule has 136 valence electrons. The zero-order chi connectivity index (χ0) is 19.2. The highest BCUT2D eigenvalue weighted by Gasteiger charge is 2.15. The molecule has 1 aromatic carbocycles. The largest absolute Gasteiger partial charge is 0.465 e. The van der Waals surface area contributed by atoms with Crippen molar-refractivity contribution >= 4 is 50.9 Å². The number of rotatable bonds is 5. The van der Waals surface area contributed by atoms with Gasteiger partial charge in [-0.1, -0.05) is 0 Å². The highest BCUT2D eigenvalue weighted by Crippen LogP contribution is 2.14. The normalized spacial score (nSPS) is 11.1. The van der Waals surface area contributed by atoms with Gasteiger partial charge in [-0.05, 0) is 54.7 Å². The van der Waals surface area contributed by atoms with Crippen LogP contribution in [0.25, 0.3) is 6.08 Å². The second-order valence-corrected chi connectivity index (χ2v) is 7.07. The maximum atomic E-state index is 11.8. The van der Waals surface area contributed by atoms with Gasteiger partial charge in [0.1, 0.15) is 5.76 Å². The summed E-state index contributed by atoms with van der Waals surface area (Å²) in [5, 5.41) is 5.22. The fourth-order valence-electron chi connectivity index (χ4n) is 1.83. The van der Waals surface area contributed by atoms with Gasteiger partial charge in [-0.15, -0.1) is 0 Å². The van der Waals surface area contributed by atoms with Crippen LogP contribution in [0, 0.1) is 0 Å². The van der Waals surface area contributed by atoms with E-state index in [1.807, 2.05) is 4.72 Å². The number of amides is 2. The van der Waals surface area contributed by atoms with Gasteiger partial charge in [0.2, 0.25) is 11.8 Å². The molecule has 0 aliphatic carbocycles. The molecule has 0 spiro atoms. The van der Waals surface area contributed by atoms with Crippen molar-refractivity contribution in [2.24, 2.45) is 0 Å². The highest BCUT2D eigenvalue weighted by atomic mass is 32.2. The lowest BCUT2D eigenvalue weighted by atomic mass is 10.3. The molecule has 0 unspecified atom stereocenters. The van der Waals surface area contributed by atoms with Gasteiger partial charge in [-0.2, -0.15) is 0 Å².